The van der Waals surface area contributed by atoms with Crippen LogP contribution in [0.25, 0.3) is 0 Å². The maximum atomic E-state index is 12.6. The van der Waals surface area contributed by atoms with Crippen LogP contribution < -0.4 is 5.73 Å². The Bertz CT molecular complexity index is 1300. The van der Waals surface area contributed by atoms with Gasteiger partial charge in [-0.3, -0.25) is 18.6 Å². The van der Waals surface area contributed by atoms with Crippen molar-refractivity contribution < 1.29 is 37.6 Å². The number of phosphoric ester groups is 1. The van der Waals surface area contributed by atoms with Gasteiger partial charge in [-0.1, -0.05) is 208 Å². The molecule has 9 nitrogen and oxygen atoms in total. The first-order valence-corrected chi connectivity index (χ1v) is 26.6. The van der Waals surface area contributed by atoms with Gasteiger partial charge in [0.25, 0.3) is 0 Å². The quantitative estimate of drug-likeness (QED) is 0.0265. The molecular weight excluding hydrogens is 810 g/mol. The molecule has 0 amide bonds. The number of esters is 2. The van der Waals surface area contributed by atoms with Gasteiger partial charge < -0.3 is 20.1 Å². The SMILES string of the molecule is CC/C=C\C/C=C\C/C=C\C/C=C\C/C=C\C/C=C\C/C=C\CCCCCC(=O)OC(COC(=O)CCCCCCCCCCCCCCCCCCC)COP(=O)(O)OCCN. The molecule has 63 heavy (non-hydrogen) atoms. The van der Waals surface area contributed by atoms with Gasteiger partial charge >= 0.3 is 19.8 Å². The van der Waals surface area contributed by atoms with Crippen molar-refractivity contribution in [1.29, 1.82) is 0 Å². The highest BCUT2D eigenvalue weighted by Gasteiger charge is 2.26. The fourth-order valence-electron chi connectivity index (χ4n) is 6.61. The first-order chi connectivity index (χ1) is 30.8. The molecule has 0 aromatic heterocycles. The van der Waals surface area contributed by atoms with Gasteiger partial charge in [0.15, 0.2) is 6.10 Å². The normalized spacial score (nSPS) is 13.9. The predicted octanol–water partition coefficient (Wildman–Crippen LogP) is 15.2. The molecule has 0 aliphatic carbocycles. The first-order valence-electron chi connectivity index (χ1n) is 25.1. The van der Waals surface area contributed by atoms with Crippen LogP contribution in [-0.2, 0) is 32.7 Å². The van der Waals surface area contributed by atoms with E-state index in [0.29, 0.717) is 6.42 Å². The second kappa shape index (κ2) is 48.6. The molecule has 2 unspecified atom stereocenters. The lowest BCUT2D eigenvalue weighted by atomic mass is 10.0. The Morgan fingerprint density at radius 3 is 1.30 bits per heavy atom. The van der Waals surface area contributed by atoms with E-state index in [1.54, 1.807) is 0 Å². The Labute approximate surface area is 385 Å². The number of ether oxygens (including phenoxy) is 2. The minimum absolute atomic E-state index is 0.0443. The third-order valence-corrected chi connectivity index (χ3v) is 11.3. The van der Waals surface area contributed by atoms with Crippen LogP contribution in [0.15, 0.2) is 85.1 Å². The fourth-order valence-corrected chi connectivity index (χ4v) is 7.38. The van der Waals surface area contributed by atoms with E-state index < -0.39 is 32.5 Å². The topological polar surface area (TPSA) is 134 Å². The van der Waals surface area contributed by atoms with Crippen molar-refractivity contribution in [2.75, 3.05) is 26.4 Å². The number of hydrogen-bond acceptors (Lipinski definition) is 8. The van der Waals surface area contributed by atoms with Crippen LogP contribution in [0.3, 0.4) is 0 Å². The standard InChI is InChI=1S/C53H92NO8P/c1-3-5-7-9-11-13-15-17-19-21-22-23-24-25-26-27-28-30-32-34-36-38-40-42-44-46-53(56)62-51(50-61-63(57,58)60-48-47-54)49-59-52(55)45-43-41-39-37-35-33-31-29-20-18-16-14-12-10-8-6-4-2/h5,7,11,13,17,19,22-23,25-26,28,30,34,36,51H,3-4,6,8-10,12,14-16,18,20-21,24,27,29,31-33,35,37-50,54H2,1-2H3,(H,57,58)/b7-5-,13-11-,19-17-,23-22-,26-25-,30-28-,36-34-. The summed E-state index contributed by atoms with van der Waals surface area (Å²) < 4.78 is 32.9. The molecule has 0 saturated heterocycles. The van der Waals surface area contributed by atoms with Gasteiger partial charge in [-0.2, -0.15) is 0 Å². The summed E-state index contributed by atoms with van der Waals surface area (Å²) in [7, 11) is -4.40. The third kappa shape index (κ3) is 48.5. The summed E-state index contributed by atoms with van der Waals surface area (Å²) >= 11 is 0. The maximum Gasteiger partial charge on any atom is 0.472 e. The zero-order valence-electron chi connectivity index (χ0n) is 40.0. The molecule has 0 fully saturated rings. The molecule has 0 bridgehead atoms. The van der Waals surface area contributed by atoms with Crippen molar-refractivity contribution in [3.8, 4) is 0 Å². The average molecular weight is 902 g/mol. The van der Waals surface area contributed by atoms with E-state index in [1.165, 1.54) is 89.9 Å². The van der Waals surface area contributed by atoms with Gasteiger partial charge in [0.1, 0.15) is 6.61 Å². The van der Waals surface area contributed by atoms with E-state index in [1.807, 2.05) is 0 Å². The average Bonchev–Trinajstić information content (AvgIpc) is 3.27. The highest BCUT2D eigenvalue weighted by molar-refractivity contribution is 7.47. The molecule has 0 spiro atoms. The molecule has 2 atom stereocenters. The Balaban J connectivity index is 4.16. The van der Waals surface area contributed by atoms with E-state index in [4.69, 9.17) is 24.3 Å². The highest BCUT2D eigenvalue weighted by atomic mass is 31.2. The van der Waals surface area contributed by atoms with Gasteiger partial charge in [0.2, 0.25) is 0 Å². The summed E-state index contributed by atoms with van der Waals surface area (Å²) in [6.07, 6.45) is 61.9. The van der Waals surface area contributed by atoms with Crippen LogP contribution in [0.5, 0.6) is 0 Å². The molecule has 362 valence electrons. The lowest BCUT2D eigenvalue weighted by Crippen LogP contribution is -2.29. The largest absolute Gasteiger partial charge is 0.472 e. The molecule has 0 saturated carbocycles. The third-order valence-electron chi connectivity index (χ3n) is 10.3. The molecule has 0 aromatic carbocycles. The van der Waals surface area contributed by atoms with E-state index in [-0.39, 0.29) is 32.6 Å². The number of allylic oxidation sites excluding steroid dienone is 14. The van der Waals surface area contributed by atoms with Crippen molar-refractivity contribution in [1.82, 2.24) is 0 Å². The van der Waals surface area contributed by atoms with Crippen molar-refractivity contribution >= 4 is 19.8 Å². The summed E-state index contributed by atoms with van der Waals surface area (Å²) in [6.45, 7) is 3.59. The molecule has 0 aliphatic rings. The van der Waals surface area contributed by atoms with Gasteiger partial charge in [0.05, 0.1) is 13.2 Å². The minimum Gasteiger partial charge on any atom is -0.462 e. The van der Waals surface area contributed by atoms with E-state index in [0.717, 1.165) is 83.5 Å². The molecular formula is C53H92NO8P. The summed E-state index contributed by atoms with van der Waals surface area (Å²) in [5.41, 5.74) is 5.36. The summed E-state index contributed by atoms with van der Waals surface area (Å²) in [4.78, 5) is 35.0. The van der Waals surface area contributed by atoms with Crippen LogP contribution in [0.2, 0.25) is 0 Å². The van der Waals surface area contributed by atoms with E-state index >= 15 is 0 Å². The highest BCUT2D eigenvalue weighted by Crippen LogP contribution is 2.43. The molecule has 0 heterocycles. The number of hydrogen-bond donors (Lipinski definition) is 2. The monoisotopic (exact) mass is 902 g/mol. The Morgan fingerprint density at radius 2 is 0.873 bits per heavy atom. The summed E-state index contributed by atoms with van der Waals surface area (Å²) in [5.74, 6) is -0.867. The molecule has 0 aliphatic heterocycles. The van der Waals surface area contributed by atoms with Crippen molar-refractivity contribution in [2.24, 2.45) is 5.73 Å². The van der Waals surface area contributed by atoms with Crippen LogP contribution in [0, 0.1) is 0 Å². The molecule has 3 N–H and O–H groups in total. The minimum atomic E-state index is -4.40. The van der Waals surface area contributed by atoms with Crippen LogP contribution in [-0.4, -0.2) is 49.3 Å². The Morgan fingerprint density at radius 1 is 0.492 bits per heavy atom. The molecule has 0 radical (unpaired) electrons. The number of carbonyl (C=O) groups is 2. The van der Waals surface area contributed by atoms with Gasteiger partial charge in [-0.25, -0.2) is 4.57 Å². The number of unbranched alkanes of at least 4 members (excludes halogenated alkanes) is 19. The zero-order valence-corrected chi connectivity index (χ0v) is 40.9. The zero-order chi connectivity index (χ0) is 46.0. The van der Waals surface area contributed by atoms with Crippen molar-refractivity contribution in [3.05, 3.63) is 85.1 Å². The molecule has 10 heteroatoms. The molecule has 0 rings (SSSR count). The van der Waals surface area contributed by atoms with Crippen molar-refractivity contribution in [3.63, 3.8) is 0 Å². The van der Waals surface area contributed by atoms with Crippen molar-refractivity contribution in [2.45, 2.75) is 213 Å². The van der Waals surface area contributed by atoms with Crippen LogP contribution in [0.1, 0.15) is 206 Å². The first kappa shape index (κ1) is 60.2. The second-order valence-corrected chi connectivity index (χ2v) is 17.8. The summed E-state index contributed by atoms with van der Waals surface area (Å²) in [5, 5.41) is 0. The predicted molar refractivity (Wildman–Crippen MR) is 265 cm³/mol. The lowest BCUT2D eigenvalue weighted by Gasteiger charge is -2.19. The number of carbonyl (C=O) groups excluding carboxylic acids is 2. The summed E-state index contributed by atoms with van der Waals surface area (Å²) in [6, 6.07) is 0. The number of nitrogens with two attached hydrogens (primary N) is 1. The fraction of sp³-hybridized carbons (Fsp3) is 0.698. The Kier molecular flexibility index (Phi) is 46.5. The molecule has 0 aromatic rings. The van der Waals surface area contributed by atoms with Gasteiger partial charge in [0, 0.05) is 19.4 Å². The van der Waals surface area contributed by atoms with Gasteiger partial charge in [-0.15, -0.1) is 0 Å². The van der Waals surface area contributed by atoms with E-state index in [9.17, 15) is 19.0 Å². The van der Waals surface area contributed by atoms with E-state index in [2.05, 4.69) is 98.9 Å². The lowest BCUT2D eigenvalue weighted by molar-refractivity contribution is -0.161. The van der Waals surface area contributed by atoms with Crippen LogP contribution >= 0.6 is 7.82 Å². The Hall–Kier alpha value is -2.81. The second-order valence-electron chi connectivity index (χ2n) is 16.3. The number of rotatable bonds is 46. The van der Waals surface area contributed by atoms with Gasteiger partial charge in [-0.05, 0) is 70.6 Å². The number of phosphoric acid groups is 1. The smallest absolute Gasteiger partial charge is 0.462 e. The maximum absolute atomic E-state index is 12.6. The van der Waals surface area contributed by atoms with Crippen LogP contribution in [0.4, 0.5) is 0 Å².